The predicted molar refractivity (Wildman–Crippen MR) is 40.7 cm³/mol. The summed E-state index contributed by atoms with van der Waals surface area (Å²) in [6, 6.07) is 0. The fourth-order valence-electron chi connectivity index (χ4n) is 2.01. The number of aliphatic hydroxyl groups is 2. The molecule has 0 aromatic carbocycles. The monoisotopic (exact) mass is 178 g/mol. The minimum atomic E-state index is -0.784. The molecule has 2 rings (SSSR count). The van der Waals surface area contributed by atoms with Crippen LogP contribution in [0.25, 0.3) is 0 Å². The van der Waals surface area contributed by atoms with Crippen LogP contribution in [-0.4, -0.2) is 49.7 Å². The molecule has 0 amide bonds. The molecule has 0 aromatic heterocycles. The molecule has 2 aliphatic rings. The van der Waals surface area contributed by atoms with E-state index in [1.165, 1.54) is 0 Å². The van der Waals surface area contributed by atoms with Gasteiger partial charge in [0.2, 0.25) is 2.86 Å². The van der Waals surface area contributed by atoms with Crippen LogP contribution in [0.4, 0.5) is 0 Å². The quantitative estimate of drug-likeness (QED) is 0.599. The summed E-state index contributed by atoms with van der Waals surface area (Å²) >= 11 is 0. The maximum atomic E-state index is 7.01. The van der Waals surface area contributed by atoms with Gasteiger partial charge in [-0.05, 0) is 13.8 Å². The average Bonchev–Trinajstić information content (AvgIpc) is 2.68. The molecule has 2 heterocycles. The topological polar surface area (TPSA) is 58.9 Å². The van der Waals surface area contributed by atoms with Gasteiger partial charge in [-0.15, -0.1) is 0 Å². The first-order valence-corrected chi connectivity index (χ1v) is 4.19. The summed E-state index contributed by atoms with van der Waals surface area (Å²) < 4.78 is 25.1. The van der Waals surface area contributed by atoms with Gasteiger partial charge in [-0.1, -0.05) is 0 Å². The van der Waals surface area contributed by atoms with E-state index in [4.69, 9.17) is 12.3 Å². The van der Waals surface area contributed by atoms with E-state index in [9.17, 15) is 0 Å². The van der Waals surface area contributed by atoms with E-state index in [1.54, 1.807) is 6.92 Å². The lowest BCUT2D eigenvalue weighted by Gasteiger charge is -2.31. The minimum absolute atomic E-state index is 0.114. The lowest BCUT2D eigenvalue weighted by Crippen LogP contribution is -2.49. The molecule has 0 unspecified atom stereocenters. The van der Waals surface area contributed by atoms with Gasteiger partial charge in [-0.2, -0.15) is 0 Å². The summed E-state index contributed by atoms with van der Waals surface area (Å²) in [7, 11) is 0. The molecule has 2 bridgehead atoms. The molecule has 2 N–H and O–H groups in total. The molecule has 0 aromatic rings. The first-order chi connectivity index (χ1) is 6.65. The molecule has 4 heteroatoms. The highest BCUT2D eigenvalue weighted by molar-refractivity contribution is 5.09. The van der Waals surface area contributed by atoms with Crippen LogP contribution in [0.15, 0.2) is 0 Å². The van der Waals surface area contributed by atoms with Gasteiger partial charge in [0.1, 0.15) is 17.8 Å². The second kappa shape index (κ2) is 2.42. The zero-order valence-corrected chi connectivity index (χ0v) is 7.15. The standard InChI is InChI=1S/C8H14O4/c1-4-6-7(10)8(12-4,3-11-6)5(2)9/h4-7,9-10H,3H2,1-2H3/t4-,5+,6-,7-,8-/m0/s1/i9T,10T. The lowest BCUT2D eigenvalue weighted by molar-refractivity contribution is -0.178. The molecule has 12 heavy (non-hydrogen) atoms. The van der Waals surface area contributed by atoms with Crippen LogP contribution in [0.5, 0.6) is 0 Å². The Bertz CT molecular complexity index is 227. The number of hydrogen-bond acceptors (Lipinski definition) is 4. The Balaban J connectivity index is 2.24. The Morgan fingerprint density at radius 1 is 1.75 bits per heavy atom. The van der Waals surface area contributed by atoms with E-state index in [1.807, 2.05) is 6.92 Å². The van der Waals surface area contributed by atoms with Crippen molar-refractivity contribution in [3.05, 3.63) is 0 Å². The van der Waals surface area contributed by atoms with Crippen LogP contribution >= 0.6 is 0 Å². The van der Waals surface area contributed by atoms with Crippen molar-refractivity contribution >= 4 is 0 Å². The SMILES string of the molecule is [3H]O[C@H](C)[C@]12CO[C@@H]([C@H](C)O1)[C@@H]2O[3H]. The van der Waals surface area contributed by atoms with Gasteiger partial charge in [-0.25, -0.2) is 0 Å². The third-order valence-corrected chi connectivity index (χ3v) is 2.84. The summed E-state index contributed by atoms with van der Waals surface area (Å²) in [5.41, 5.74) is -0.784. The second-order valence-electron chi connectivity index (χ2n) is 3.62. The first-order valence-electron chi connectivity index (χ1n) is 5.00. The molecule has 2 aliphatic heterocycles. The number of hydrogen-bond donors (Lipinski definition) is 2. The Morgan fingerprint density at radius 2 is 2.58 bits per heavy atom. The van der Waals surface area contributed by atoms with Crippen molar-refractivity contribution in [2.24, 2.45) is 0 Å². The van der Waals surface area contributed by atoms with E-state index >= 15 is 0 Å². The van der Waals surface area contributed by atoms with Crippen LogP contribution in [0.1, 0.15) is 13.8 Å². The maximum Gasteiger partial charge on any atom is 0.211 e. The van der Waals surface area contributed by atoms with Crippen molar-refractivity contribution in [1.29, 1.82) is 2.86 Å². The van der Waals surface area contributed by atoms with Crippen molar-refractivity contribution < 1.29 is 19.7 Å². The highest BCUT2D eigenvalue weighted by atomic mass is 16.6. The Labute approximate surface area is 74.1 Å². The van der Waals surface area contributed by atoms with Gasteiger partial charge in [0.25, 0.3) is 0 Å². The number of fused-ring (bicyclic) bond motifs is 2. The van der Waals surface area contributed by atoms with Crippen LogP contribution in [0, 0.1) is 0 Å². The first kappa shape index (κ1) is 6.32. The maximum absolute atomic E-state index is 7.01. The van der Waals surface area contributed by atoms with Gasteiger partial charge in [0.15, 0.2) is 0 Å². The van der Waals surface area contributed by atoms with Gasteiger partial charge >= 0.3 is 0 Å². The third kappa shape index (κ3) is 0.808. The molecule has 70 valence electrons. The predicted octanol–water partition coefficient (Wildman–Crippen LogP) is -0.716. The van der Waals surface area contributed by atoms with Crippen molar-refractivity contribution in [2.45, 2.75) is 43.9 Å². The van der Waals surface area contributed by atoms with E-state index < -0.39 is 17.8 Å². The van der Waals surface area contributed by atoms with Gasteiger partial charge in [0, 0.05) is 0 Å². The van der Waals surface area contributed by atoms with Gasteiger partial charge < -0.3 is 19.7 Å². The van der Waals surface area contributed by atoms with Crippen LogP contribution in [0.3, 0.4) is 0 Å². The molecule has 5 atom stereocenters. The molecule has 0 spiro atoms. The van der Waals surface area contributed by atoms with Crippen LogP contribution in [0.2, 0.25) is 0 Å². The molecular formula is C8H14O4. The van der Waals surface area contributed by atoms with Crippen molar-refractivity contribution in [3.63, 3.8) is 0 Å². The Morgan fingerprint density at radius 3 is 3.17 bits per heavy atom. The highest BCUT2D eigenvalue weighted by Crippen LogP contribution is 2.41. The van der Waals surface area contributed by atoms with Crippen LogP contribution < -0.4 is 0 Å². The van der Waals surface area contributed by atoms with E-state index in [0.717, 1.165) is 0 Å². The van der Waals surface area contributed by atoms with Gasteiger partial charge in [-0.3, -0.25) is 0 Å². The summed E-state index contributed by atoms with van der Waals surface area (Å²) in [6.45, 7) is 3.92. The van der Waals surface area contributed by atoms with Crippen LogP contribution in [-0.2, 0) is 9.47 Å². The van der Waals surface area contributed by atoms with E-state index in [2.05, 4.69) is 10.2 Å². The number of ether oxygens (including phenoxy) is 2. The van der Waals surface area contributed by atoms with Crippen molar-refractivity contribution in [3.8, 4) is 0 Å². The molecule has 2 fully saturated rings. The summed E-state index contributed by atoms with van der Waals surface area (Å²) in [6.07, 6.45) is -1.26. The number of aliphatic hydroxyl groups excluding tert-OH is 2. The Hall–Kier alpha value is -0.160. The average molecular weight is 178 g/mol. The highest BCUT2D eigenvalue weighted by Gasteiger charge is 2.61. The zero-order valence-electron chi connectivity index (χ0n) is 9.15. The molecule has 4 nitrogen and oxygen atoms in total. The van der Waals surface area contributed by atoms with Crippen molar-refractivity contribution in [1.82, 2.24) is 0 Å². The lowest BCUT2D eigenvalue weighted by atomic mass is 9.93. The fraction of sp³-hybridized carbons (Fsp3) is 1.00. The fourth-order valence-corrected chi connectivity index (χ4v) is 2.01. The minimum Gasteiger partial charge on any atom is -0.390 e. The summed E-state index contributed by atoms with van der Waals surface area (Å²) in [4.78, 5) is 0. The second-order valence-corrected chi connectivity index (χ2v) is 3.62. The molecule has 2 saturated heterocycles. The van der Waals surface area contributed by atoms with E-state index in [-0.39, 0.29) is 12.2 Å². The molecule has 0 aliphatic carbocycles. The zero-order chi connectivity index (χ0) is 10.3. The van der Waals surface area contributed by atoms with Crippen molar-refractivity contribution in [2.75, 3.05) is 6.61 Å². The largest absolute Gasteiger partial charge is 0.390 e. The summed E-state index contributed by atoms with van der Waals surface area (Å²) in [5, 5.41) is 9.15. The smallest absolute Gasteiger partial charge is 0.211 e. The molecular weight excluding hydrogens is 160 g/mol. The van der Waals surface area contributed by atoms with Gasteiger partial charge in [0.05, 0.1) is 18.8 Å². The van der Waals surface area contributed by atoms with E-state index in [0.29, 0.717) is 6.61 Å². The normalized spacial score (nSPS) is 56.7. The summed E-state index contributed by atoms with van der Waals surface area (Å²) in [5.74, 6) is 0. The third-order valence-electron chi connectivity index (χ3n) is 2.84. The Kier molecular flexibility index (Phi) is 1.27. The number of rotatable bonds is 3. The molecule has 0 saturated carbocycles. The molecule has 0 radical (unpaired) electrons.